The summed E-state index contributed by atoms with van der Waals surface area (Å²) in [5.74, 6) is 0. The molecule has 10 aromatic rings. The molecule has 0 saturated carbocycles. The van der Waals surface area contributed by atoms with Crippen LogP contribution in [0.3, 0.4) is 0 Å². The van der Waals surface area contributed by atoms with Gasteiger partial charge >= 0.3 is 0 Å². The topological polar surface area (TPSA) is 4.93 Å². The van der Waals surface area contributed by atoms with Crippen LogP contribution in [0.2, 0.25) is 0 Å². The number of benzene rings is 7. The van der Waals surface area contributed by atoms with Gasteiger partial charge in [0.05, 0.1) is 11.0 Å². The van der Waals surface area contributed by atoms with Crippen LogP contribution in [0, 0.1) is 0 Å². The summed E-state index contributed by atoms with van der Waals surface area (Å²) in [5.41, 5.74) is 8.71. The lowest BCUT2D eigenvalue weighted by atomic mass is 9.99. The van der Waals surface area contributed by atoms with Gasteiger partial charge in [-0.2, -0.15) is 0 Å². The van der Waals surface area contributed by atoms with Gasteiger partial charge in [-0.25, -0.2) is 0 Å². The molecule has 3 heteroatoms. The Bertz CT molecular complexity index is 2740. The number of rotatable bonds is 3. The molecule has 10 rings (SSSR count). The first kappa shape index (κ1) is 25.1. The number of hydrogen-bond donors (Lipinski definition) is 0. The van der Waals surface area contributed by atoms with E-state index in [0.29, 0.717) is 0 Å². The highest BCUT2D eigenvalue weighted by molar-refractivity contribution is 7.26. The summed E-state index contributed by atoms with van der Waals surface area (Å²) >= 11 is 3.76. The lowest BCUT2D eigenvalue weighted by molar-refractivity contribution is 1.19. The minimum atomic E-state index is 1.18. The Labute approximate surface area is 267 Å². The monoisotopic (exact) mass is 607 g/mol. The Hall–Kier alpha value is -5.22. The Morgan fingerprint density at radius 3 is 1.80 bits per heavy atom. The quantitative estimate of drug-likeness (QED) is 0.188. The van der Waals surface area contributed by atoms with Gasteiger partial charge in [0.25, 0.3) is 0 Å². The Balaban J connectivity index is 1.08. The first-order valence-electron chi connectivity index (χ1n) is 15.3. The number of nitrogens with zero attached hydrogens (tertiary/aromatic N) is 1. The average Bonchev–Trinajstić information content (AvgIpc) is 3.78. The van der Waals surface area contributed by atoms with E-state index >= 15 is 0 Å². The molecule has 210 valence electrons. The normalized spacial score (nSPS) is 12.0. The van der Waals surface area contributed by atoms with E-state index in [1.54, 1.807) is 0 Å². The van der Waals surface area contributed by atoms with E-state index in [-0.39, 0.29) is 0 Å². The highest BCUT2D eigenvalue weighted by atomic mass is 32.1. The van der Waals surface area contributed by atoms with Crippen LogP contribution in [0.15, 0.2) is 152 Å². The second-order valence-corrected chi connectivity index (χ2v) is 13.8. The van der Waals surface area contributed by atoms with Gasteiger partial charge < -0.3 is 4.57 Å². The zero-order valence-corrected chi connectivity index (χ0v) is 25.8. The van der Waals surface area contributed by atoms with E-state index in [2.05, 4.69) is 156 Å². The van der Waals surface area contributed by atoms with Crippen LogP contribution in [0.5, 0.6) is 0 Å². The molecule has 3 heterocycles. The van der Waals surface area contributed by atoms with E-state index in [9.17, 15) is 0 Å². The van der Waals surface area contributed by atoms with Crippen molar-refractivity contribution in [2.75, 3.05) is 0 Å². The van der Waals surface area contributed by atoms with Gasteiger partial charge in [0.2, 0.25) is 0 Å². The van der Waals surface area contributed by atoms with Crippen molar-refractivity contribution in [2.24, 2.45) is 0 Å². The highest BCUT2D eigenvalue weighted by Crippen LogP contribution is 2.43. The third kappa shape index (κ3) is 3.72. The van der Waals surface area contributed by atoms with E-state index in [1.807, 2.05) is 22.7 Å². The average molecular weight is 608 g/mol. The fraction of sp³-hybridized carbons (Fsp3) is 0. The molecule has 45 heavy (non-hydrogen) atoms. The van der Waals surface area contributed by atoms with Gasteiger partial charge in [0.1, 0.15) is 0 Å². The molecule has 0 fully saturated rings. The Kier molecular flexibility index (Phi) is 5.39. The lowest BCUT2D eigenvalue weighted by Gasteiger charge is -2.11. The largest absolute Gasteiger partial charge is 0.309 e. The van der Waals surface area contributed by atoms with Crippen molar-refractivity contribution in [3.63, 3.8) is 0 Å². The van der Waals surface area contributed by atoms with Crippen molar-refractivity contribution in [2.45, 2.75) is 0 Å². The second kappa shape index (κ2) is 9.64. The summed E-state index contributed by atoms with van der Waals surface area (Å²) in [6.45, 7) is 0. The summed E-state index contributed by atoms with van der Waals surface area (Å²) < 4.78 is 7.82. The number of para-hydroxylation sites is 1. The van der Waals surface area contributed by atoms with Crippen molar-refractivity contribution in [1.29, 1.82) is 0 Å². The second-order valence-electron chi connectivity index (χ2n) is 11.7. The minimum Gasteiger partial charge on any atom is -0.309 e. The summed E-state index contributed by atoms with van der Waals surface area (Å²) in [5, 5.41) is 7.94. The molecule has 0 bridgehead atoms. The van der Waals surface area contributed by atoms with Crippen LogP contribution < -0.4 is 0 Å². The summed E-state index contributed by atoms with van der Waals surface area (Å²) in [6, 6.07) is 55.8. The third-order valence-electron chi connectivity index (χ3n) is 9.23. The van der Waals surface area contributed by atoms with Crippen LogP contribution >= 0.6 is 22.7 Å². The first-order chi connectivity index (χ1) is 22.3. The van der Waals surface area contributed by atoms with Crippen LogP contribution in [0.4, 0.5) is 0 Å². The maximum Gasteiger partial charge on any atom is 0.0634 e. The molecular formula is C42H25NS2. The van der Waals surface area contributed by atoms with E-state index in [4.69, 9.17) is 0 Å². The predicted octanol–water partition coefficient (Wildman–Crippen LogP) is 12.9. The van der Waals surface area contributed by atoms with E-state index in [0.717, 1.165) is 0 Å². The standard InChI is InChI=1S/C42H25NS2/c1-4-13-36-31(8-1)33-24-25-39-40(35-10-3-6-15-38(35)44-39)41(33)43(36)29-22-20-27(21-23-29)26-16-18-28(19-17-26)30-11-7-12-34-32-9-2-5-14-37(32)45-42(30)34/h1-25H. The zero-order chi connectivity index (χ0) is 29.5. The van der Waals surface area contributed by atoms with Gasteiger partial charge in [-0.3, -0.25) is 0 Å². The maximum atomic E-state index is 2.46. The molecule has 0 atom stereocenters. The molecule has 3 aromatic heterocycles. The molecule has 1 nitrogen and oxygen atoms in total. The zero-order valence-electron chi connectivity index (χ0n) is 24.2. The first-order valence-corrected chi connectivity index (χ1v) is 16.9. The molecular weight excluding hydrogens is 583 g/mol. The van der Waals surface area contributed by atoms with Crippen molar-refractivity contribution >= 4 is 84.8 Å². The molecule has 0 aliphatic heterocycles. The van der Waals surface area contributed by atoms with Crippen LogP contribution in [-0.2, 0) is 0 Å². The van der Waals surface area contributed by atoms with Crippen molar-refractivity contribution in [3.05, 3.63) is 152 Å². The maximum absolute atomic E-state index is 2.46. The molecule has 0 aliphatic carbocycles. The Morgan fingerprint density at radius 1 is 0.378 bits per heavy atom. The number of aromatic nitrogens is 1. The fourth-order valence-corrected chi connectivity index (χ4v) is 9.50. The van der Waals surface area contributed by atoms with Crippen LogP contribution in [0.1, 0.15) is 0 Å². The smallest absolute Gasteiger partial charge is 0.0634 e. The molecule has 7 aromatic carbocycles. The molecule has 0 unspecified atom stereocenters. The molecule has 0 saturated heterocycles. The van der Waals surface area contributed by atoms with Crippen LogP contribution in [-0.4, -0.2) is 4.57 Å². The van der Waals surface area contributed by atoms with Crippen molar-refractivity contribution in [1.82, 2.24) is 4.57 Å². The van der Waals surface area contributed by atoms with Crippen molar-refractivity contribution in [3.8, 4) is 27.9 Å². The summed E-state index contributed by atoms with van der Waals surface area (Å²) in [7, 11) is 0. The molecule has 0 radical (unpaired) electrons. The van der Waals surface area contributed by atoms with Gasteiger partial charge in [-0.1, -0.05) is 115 Å². The Morgan fingerprint density at radius 2 is 1.00 bits per heavy atom. The number of fused-ring (bicyclic) bond motifs is 10. The summed E-state index contributed by atoms with van der Waals surface area (Å²) in [6.07, 6.45) is 0. The molecule has 0 amide bonds. The fourth-order valence-electron chi connectivity index (χ4n) is 7.15. The van der Waals surface area contributed by atoms with Gasteiger partial charge in [-0.15, -0.1) is 22.7 Å². The number of hydrogen-bond acceptors (Lipinski definition) is 2. The molecule has 0 N–H and O–H groups in total. The molecule has 0 aliphatic rings. The number of thiophene rings is 2. The highest BCUT2D eigenvalue weighted by Gasteiger charge is 2.18. The minimum absolute atomic E-state index is 1.18. The third-order valence-corrected chi connectivity index (χ3v) is 11.6. The lowest BCUT2D eigenvalue weighted by Crippen LogP contribution is -1.94. The van der Waals surface area contributed by atoms with Crippen molar-refractivity contribution < 1.29 is 0 Å². The van der Waals surface area contributed by atoms with E-state index in [1.165, 1.54) is 90.1 Å². The van der Waals surface area contributed by atoms with Gasteiger partial charge in [-0.05, 0) is 58.7 Å². The molecule has 0 spiro atoms. The predicted molar refractivity (Wildman–Crippen MR) is 197 cm³/mol. The van der Waals surface area contributed by atoms with E-state index < -0.39 is 0 Å². The van der Waals surface area contributed by atoms with Crippen LogP contribution in [0.25, 0.3) is 90.1 Å². The van der Waals surface area contributed by atoms with Gasteiger partial charge in [0.15, 0.2) is 0 Å². The summed E-state index contributed by atoms with van der Waals surface area (Å²) in [4.78, 5) is 0. The van der Waals surface area contributed by atoms with Gasteiger partial charge in [0, 0.05) is 56.8 Å². The SMILES string of the molecule is c1ccc2c(c1)sc1c(-c3ccc(-c4ccc(-n5c6ccccc6c6ccc7sc8ccccc8c7c65)cc4)cc3)cccc12.